The zero-order chi connectivity index (χ0) is 24.9. The third-order valence-corrected chi connectivity index (χ3v) is 17.8. The molecule has 1 unspecified atom stereocenters. The molecule has 2 aromatic rings. The van der Waals surface area contributed by atoms with Gasteiger partial charge in [-0.25, -0.2) is 0 Å². The number of rotatable bonds is 6. The number of hydrogen-bond acceptors (Lipinski definition) is 0. The van der Waals surface area contributed by atoms with Crippen LogP contribution in [0.5, 0.6) is 0 Å². The van der Waals surface area contributed by atoms with Crippen LogP contribution in [0.2, 0.25) is 33.8 Å². The summed E-state index contributed by atoms with van der Waals surface area (Å²) in [5.41, 5.74) is 13.2. The molecule has 33 heavy (non-hydrogen) atoms. The molecule has 0 spiro atoms. The van der Waals surface area contributed by atoms with E-state index in [1.807, 2.05) is 0 Å². The van der Waals surface area contributed by atoms with E-state index >= 15 is 0 Å². The molecule has 0 heterocycles. The van der Waals surface area contributed by atoms with Gasteiger partial charge in [0.15, 0.2) is 0 Å². The molecule has 0 fully saturated rings. The van der Waals surface area contributed by atoms with E-state index in [0.717, 1.165) is 0 Å². The van der Waals surface area contributed by atoms with Gasteiger partial charge in [0, 0.05) is 0 Å². The van der Waals surface area contributed by atoms with Crippen LogP contribution in [0.4, 0.5) is 0 Å². The molecule has 0 N–H and O–H groups in total. The van der Waals surface area contributed by atoms with E-state index in [4.69, 9.17) is 0 Å². The standard InChI is InChI=1S/C28H39Si2.2CH3.Ti/c1-17-14-24(16-25(15-17)30(8,9)10)29-28(26-13-11-12-18(2)19(26)3)27-22(6)20(4)21(5)23(27)7;;;/h11-16,28H,29H2,1-10H3;2*1H3;. The topological polar surface area (TPSA) is 0 Å². The molecule has 1 atom stereocenters. The zero-order valence-electron chi connectivity index (χ0n) is 23.2. The van der Waals surface area contributed by atoms with Crippen LogP contribution in [-0.2, 0) is 17.9 Å². The second-order valence-corrected chi connectivity index (χ2v) is 23.3. The van der Waals surface area contributed by atoms with Crippen LogP contribution < -0.4 is 10.4 Å². The van der Waals surface area contributed by atoms with E-state index in [9.17, 15) is 0 Å². The zero-order valence-corrected chi connectivity index (χ0v) is 27.2. The molecule has 0 aliphatic heterocycles. The molecule has 0 nitrogen and oxygen atoms in total. The quantitative estimate of drug-likeness (QED) is 0.360. The van der Waals surface area contributed by atoms with Gasteiger partial charge in [0.2, 0.25) is 0 Å². The first-order valence-electron chi connectivity index (χ1n) is 12.6. The molecule has 177 valence electrons. The van der Waals surface area contributed by atoms with E-state index < -0.39 is 35.5 Å². The van der Waals surface area contributed by atoms with Gasteiger partial charge >= 0.3 is 215 Å². The first-order valence-corrected chi connectivity index (χ1v) is 21.5. The van der Waals surface area contributed by atoms with Gasteiger partial charge in [-0.1, -0.05) is 0 Å². The van der Waals surface area contributed by atoms with Crippen LogP contribution in [0.3, 0.4) is 0 Å². The number of aryl methyl sites for hydroxylation is 2. The Bertz CT molecular complexity index is 1100. The molecule has 0 radical (unpaired) electrons. The monoisotopic (exact) mass is 509 g/mol. The molecule has 1 aliphatic rings. The average Bonchev–Trinajstić information content (AvgIpc) is 2.89. The predicted octanol–water partition coefficient (Wildman–Crippen LogP) is 7.25. The Balaban J connectivity index is 2.32. The average molecular weight is 510 g/mol. The Morgan fingerprint density at radius 2 is 1.39 bits per heavy atom. The third kappa shape index (κ3) is 4.66. The van der Waals surface area contributed by atoms with Gasteiger partial charge in [-0.15, -0.1) is 0 Å². The van der Waals surface area contributed by atoms with Crippen LogP contribution in [0.25, 0.3) is 0 Å². The fraction of sp³-hybridized carbons (Fsp3) is 0.467. The van der Waals surface area contributed by atoms with Crippen LogP contribution in [0.15, 0.2) is 58.7 Å². The van der Waals surface area contributed by atoms with E-state index in [1.54, 1.807) is 38.2 Å². The van der Waals surface area contributed by atoms with Crippen molar-refractivity contribution in [1.82, 2.24) is 0 Å². The molecular weight excluding hydrogens is 464 g/mol. The summed E-state index contributed by atoms with van der Waals surface area (Å²) in [6, 6.07) is 14.7. The predicted molar refractivity (Wildman–Crippen MR) is 152 cm³/mol. The molecular formula is C30H45Si2Ti. The number of allylic oxidation sites excluding steroid dienone is 4. The normalized spacial score (nSPS) is 17.5. The first kappa shape index (κ1) is 26.7. The van der Waals surface area contributed by atoms with Crippen molar-refractivity contribution >= 4 is 28.0 Å². The van der Waals surface area contributed by atoms with Crippen molar-refractivity contribution in [3.63, 3.8) is 0 Å². The fourth-order valence-corrected chi connectivity index (χ4v) is 17.1. The maximum atomic E-state index is 2.63. The Morgan fingerprint density at radius 3 is 1.91 bits per heavy atom. The second-order valence-electron chi connectivity index (χ2n) is 11.8. The van der Waals surface area contributed by atoms with Gasteiger partial charge in [-0.3, -0.25) is 0 Å². The molecule has 0 aromatic heterocycles. The summed E-state index contributed by atoms with van der Waals surface area (Å²) in [6.45, 7) is 24.2. The molecule has 3 heteroatoms. The van der Waals surface area contributed by atoms with Crippen LogP contribution >= 0.6 is 0 Å². The van der Waals surface area contributed by atoms with Crippen molar-refractivity contribution in [3.05, 3.63) is 80.9 Å². The first-order chi connectivity index (χ1) is 15.2. The minimum atomic E-state index is -1.42. The summed E-state index contributed by atoms with van der Waals surface area (Å²) < 4.78 is 0.280. The molecule has 0 bridgehead atoms. The number of benzene rings is 2. The molecule has 1 aliphatic carbocycles. The Kier molecular flexibility index (Phi) is 7.76. The molecule has 3 rings (SSSR count). The van der Waals surface area contributed by atoms with Crippen molar-refractivity contribution in [2.24, 2.45) is 0 Å². The van der Waals surface area contributed by atoms with Gasteiger partial charge in [-0.2, -0.15) is 0 Å². The van der Waals surface area contributed by atoms with Crippen LogP contribution in [-0.4, -0.2) is 17.6 Å². The van der Waals surface area contributed by atoms with Gasteiger partial charge in [0.05, 0.1) is 0 Å². The molecule has 0 saturated carbocycles. The number of hydrogen-bond donors (Lipinski definition) is 0. The van der Waals surface area contributed by atoms with Crippen molar-refractivity contribution in [3.8, 4) is 0 Å². The maximum absolute atomic E-state index is 2.63. The van der Waals surface area contributed by atoms with Crippen molar-refractivity contribution in [2.75, 3.05) is 0 Å². The van der Waals surface area contributed by atoms with Crippen molar-refractivity contribution in [1.29, 1.82) is 0 Å². The Hall–Kier alpha value is -0.932. The van der Waals surface area contributed by atoms with E-state index in [0.29, 0.717) is 5.54 Å². The minimum absolute atomic E-state index is 0.280. The van der Waals surface area contributed by atoms with Gasteiger partial charge < -0.3 is 0 Å². The van der Waals surface area contributed by atoms with E-state index in [2.05, 4.69) is 115 Å². The van der Waals surface area contributed by atoms with Crippen molar-refractivity contribution < 1.29 is 17.9 Å². The summed E-state index contributed by atoms with van der Waals surface area (Å²) in [6.07, 6.45) is 0. The van der Waals surface area contributed by atoms with Crippen molar-refractivity contribution in [2.45, 2.75) is 87.8 Å². The van der Waals surface area contributed by atoms with Gasteiger partial charge in [0.1, 0.15) is 0 Å². The summed E-state index contributed by atoms with van der Waals surface area (Å²) in [7, 11) is -1.93. The second kappa shape index (κ2) is 9.61. The molecule has 2 aromatic carbocycles. The molecule has 0 amide bonds. The van der Waals surface area contributed by atoms with E-state index in [1.165, 1.54) is 16.7 Å². The summed E-state index contributed by atoms with van der Waals surface area (Å²) >= 11 is -1.42. The van der Waals surface area contributed by atoms with Gasteiger partial charge in [-0.05, 0) is 0 Å². The third-order valence-electron chi connectivity index (χ3n) is 8.65. The summed E-state index contributed by atoms with van der Waals surface area (Å²) in [5.74, 6) is 0. The Labute approximate surface area is 213 Å². The van der Waals surface area contributed by atoms with Crippen LogP contribution in [0, 0.1) is 20.8 Å². The molecule has 0 saturated heterocycles. The van der Waals surface area contributed by atoms with Gasteiger partial charge in [0.25, 0.3) is 0 Å². The SMILES string of the molecule is CC1=C(C)[C](C([SiH2]c2cc(C)cc([Si](C)(C)C)c2)c2cccc(C)c2C)([Ti]([CH3])[CH3])C(C)=C1C. The van der Waals surface area contributed by atoms with E-state index in [-0.39, 0.29) is 3.72 Å². The summed E-state index contributed by atoms with van der Waals surface area (Å²) in [5, 5.41) is 8.56. The summed E-state index contributed by atoms with van der Waals surface area (Å²) in [4.78, 5) is 0. The fourth-order valence-electron chi connectivity index (χ4n) is 6.35. The Morgan fingerprint density at radius 1 is 0.818 bits per heavy atom. The van der Waals surface area contributed by atoms with Crippen LogP contribution in [0.1, 0.15) is 55.5 Å².